The number of hydrogen-bond donors (Lipinski definition) is 0. The monoisotopic (exact) mass is 441 g/mol. The fourth-order valence-electron chi connectivity index (χ4n) is 6.70. The van der Waals surface area contributed by atoms with Gasteiger partial charge in [0, 0.05) is 40.5 Å². The van der Waals surface area contributed by atoms with E-state index in [9.17, 15) is 0 Å². The smallest absolute Gasteiger partial charge is 0.171 e. The van der Waals surface area contributed by atoms with E-state index in [1.807, 2.05) is 30.5 Å². The normalized spacial score (nSPS) is 28.0. The molecule has 6 rings (SSSR count). The molecule has 1 saturated heterocycles. The van der Waals surface area contributed by atoms with Crippen molar-refractivity contribution in [2.45, 2.75) is 57.7 Å². The molecule has 2 fully saturated rings. The molecule has 1 saturated carbocycles. The van der Waals surface area contributed by atoms with E-state index in [1.165, 1.54) is 11.3 Å². The fourth-order valence-corrected chi connectivity index (χ4v) is 6.70. The molecule has 5 heteroatoms. The minimum absolute atomic E-state index is 0.0434. The molecule has 0 amide bonds. The summed E-state index contributed by atoms with van der Waals surface area (Å²) in [5.74, 6) is 1.12. The van der Waals surface area contributed by atoms with Crippen LogP contribution in [0.15, 0.2) is 43.1 Å². The molecule has 3 aromatic rings. The summed E-state index contributed by atoms with van der Waals surface area (Å²) in [6, 6.07) is 10.2. The molecule has 170 valence electrons. The van der Waals surface area contributed by atoms with E-state index in [4.69, 9.17) is 19.4 Å². The van der Waals surface area contributed by atoms with Crippen LogP contribution in [0.3, 0.4) is 0 Å². The number of fused-ring (bicyclic) bond motifs is 4. The predicted octanol–water partition coefficient (Wildman–Crippen LogP) is 5.72. The second-order valence-electron chi connectivity index (χ2n) is 10.2. The first-order valence-corrected chi connectivity index (χ1v) is 12.1. The molecule has 2 aliphatic carbocycles. The second kappa shape index (κ2) is 7.44. The van der Waals surface area contributed by atoms with Gasteiger partial charge in [0.2, 0.25) is 0 Å². The molecule has 3 heterocycles. The Balaban J connectivity index is 1.54. The average molecular weight is 442 g/mol. The summed E-state index contributed by atoms with van der Waals surface area (Å²) in [6.45, 7) is 12.5. The largest absolute Gasteiger partial charge is 0.347 e. The minimum atomic E-state index is -0.421. The van der Waals surface area contributed by atoms with E-state index in [1.54, 1.807) is 0 Å². The van der Waals surface area contributed by atoms with Crippen molar-refractivity contribution in [2.75, 3.05) is 13.2 Å². The number of hydrogen-bond acceptors (Lipinski definition) is 5. The first-order valence-electron chi connectivity index (χ1n) is 12.1. The van der Waals surface area contributed by atoms with E-state index in [-0.39, 0.29) is 5.41 Å². The minimum Gasteiger partial charge on any atom is -0.347 e. The summed E-state index contributed by atoms with van der Waals surface area (Å²) < 4.78 is 12.4. The fraction of sp³-hybridized carbons (Fsp3) is 0.464. The van der Waals surface area contributed by atoms with E-state index in [2.05, 4.69) is 38.4 Å². The van der Waals surface area contributed by atoms with Gasteiger partial charge >= 0.3 is 0 Å². The lowest BCUT2D eigenvalue weighted by Gasteiger charge is -2.54. The zero-order chi connectivity index (χ0) is 22.8. The third kappa shape index (κ3) is 3.02. The lowest BCUT2D eigenvalue weighted by Crippen LogP contribution is -2.55. The molecular weight excluding hydrogens is 410 g/mol. The van der Waals surface area contributed by atoms with Crippen molar-refractivity contribution in [3.05, 3.63) is 60.1 Å². The Morgan fingerprint density at radius 3 is 2.67 bits per heavy atom. The maximum absolute atomic E-state index is 6.20. The van der Waals surface area contributed by atoms with Crippen LogP contribution in [0, 0.1) is 11.8 Å². The molecule has 0 radical (unpaired) electrons. The van der Waals surface area contributed by atoms with Gasteiger partial charge in [0.15, 0.2) is 11.6 Å². The van der Waals surface area contributed by atoms with Gasteiger partial charge in [-0.1, -0.05) is 38.6 Å². The highest BCUT2D eigenvalue weighted by molar-refractivity contribution is 5.92. The average Bonchev–Trinajstić information content (AvgIpc) is 3.31. The SMILES string of the molecule is C=C(C)c1nc(-c2ccnc3ccccc23)nc2c1CC[C@@H]1[C@@H](C)C3(CC[C@@]21C)OCCO3. The number of aromatic nitrogens is 3. The summed E-state index contributed by atoms with van der Waals surface area (Å²) in [7, 11) is 0. The van der Waals surface area contributed by atoms with Gasteiger partial charge in [-0.3, -0.25) is 4.98 Å². The Morgan fingerprint density at radius 1 is 1.09 bits per heavy atom. The van der Waals surface area contributed by atoms with Crippen LogP contribution < -0.4 is 0 Å². The molecule has 0 bridgehead atoms. The maximum Gasteiger partial charge on any atom is 0.171 e. The Hall–Kier alpha value is -2.63. The molecule has 3 aliphatic rings. The van der Waals surface area contributed by atoms with E-state index in [0.717, 1.165) is 59.2 Å². The molecular formula is C28H31N3O2. The number of ether oxygens (including phenoxy) is 2. The van der Waals surface area contributed by atoms with Gasteiger partial charge in [-0.15, -0.1) is 0 Å². The van der Waals surface area contributed by atoms with Crippen LogP contribution in [0.5, 0.6) is 0 Å². The quantitative estimate of drug-likeness (QED) is 0.509. The molecule has 33 heavy (non-hydrogen) atoms. The van der Waals surface area contributed by atoms with Gasteiger partial charge in [0.05, 0.1) is 30.1 Å². The topological polar surface area (TPSA) is 57.1 Å². The van der Waals surface area contributed by atoms with Crippen LogP contribution in [-0.2, 0) is 21.3 Å². The summed E-state index contributed by atoms with van der Waals surface area (Å²) >= 11 is 0. The molecule has 1 aromatic carbocycles. The molecule has 5 nitrogen and oxygen atoms in total. The molecule has 2 aromatic heterocycles. The Bertz CT molecular complexity index is 1260. The number of rotatable bonds is 2. The second-order valence-corrected chi connectivity index (χ2v) is 10.2. The zero-order valence-corrected chi connectivity index (χ0v) is 19.7. The van der Waals surface area contributed by atoms with Crippen molar-refractivity contribution in [1.82, 2.24) is 15.0 Å². The molecule has 3 atom stereocenters. The summed E-state index contributed by atoms with van der Waals surface area (Å²) in [5.41, 5.74) is 6.43. The number of allylic oxidation sites excluding steroid dienone is 1. The number of benzene rings is 1. The van der Waals surface area contributed by atoms with Crippen LogP contribution in [0.25, 0.3) is 27.9 Å². The Morgan fingerprint density at radius 2 is 1.88 bits per heavy atom. The summed E-state index contributed by atoms with van der Waals surface area (Å²) in [5, 5.41) is 1.08. The molecule has 0 N–H and O–H groups in total. The highest BCUT2D eigenvalue weighted by Gasteiger charge is 2.57. The Kier molecular flexibility index (Phi) is 4.72. The van der Waals surface area contributed by atoms with Crippen LogP contribution in [0.4, 0.5) is 0 Å². The highest BCUT2D eigenvalue weighted by Crippen LogP contribution is 2.57. The number of pyridine rings is 1. The van der Waals surface area contributed by atoms with Gasteiger partial charge in [0.1, 0.15) is 0 Å². The van der Waals surface area contributed by atoms with E-state index >= 15 is 0 Å². The van der Waals surface area contributed by atoms with Crippen molar-refractivity contribution in [2.24, 2.45) is 11.8 Å². The van der Waals surface area contributed by atoms with Gasteiger partial charge in [-0.05, 0) is 49.8 Å². The van der Waals surface area contributed by atoms with E-state index < -0.39 is 5.79 Å². The molecule has 0 unspecified atom stereocenters. The first kappa shape index (κ1) is 20.9. The zero-order valence-electron chi connectivity index (χ0n) is 19.7. The van der Waals surface area contributed by atoms with Gasteiger partial charge in [-0.25, -0.2) is 9.97 Å². The van der Waals surface area contributed by atoms with Gasteiger partial charge < -0.3 is 9.47 Å². The third-order valence-corrected chi connectivity index (χ3v) is 8.43. The van der Waals surface area contributed by atoms with Crippen molar-refractivity contribution in [3.63, 3.8) is 0 Å². The van der Waals surface area contributed by atoms with Crippen molar-refractivity contribution < 1.29 is 9.47 Å². The number of nitrogens with zero attached hydrogens (tertiary/aromatic N) is 3. The predicted molar refractivity (Wildman–Crippen MR) is 130 cm³/mol. The van der Waals surface area contributed by atoms with Crippen LogP contribution >= 0.6 is 0 Å². The molecule has 1 spiro atoms. The Labute approximate surface area is 195 Å². The van der Waals surface area contributed by atoms with Gasteiger partial charge in [-0.2, -0.15) is 0 Å². The lowest BCUT2D eigenvalue weighted by molar-refractivity contribution is -0.234. The molecule has 1 aliphatic heterocycles. The maximum atomic E-state index is 6.20. The van der Waals surface area contributed by atoms with Crippen LogP contribution in [0.1, 0.15) is 57.0 Å². The van der Waals surface area contributed by atoms with Crippen LogP contribution in [0.2, 0.25) is 0 Å². The summed E-state index contributed by atoms with van der Waals surface area (Å²) in [4.78, 5) is 14.9. The van der Waals surface area contributed by atoms with E-state index in [0.29, 0.717) is 25.0 Å². The van der Waals surface area contributed by atoms with Crippen molar-refractivity contribution in [3.8, 4) is 11.4 Å². The first-order chi connectivity index (χ1) is 15.9. The van der Waals surface area contributed by atoms with Gasteiger partial charge in [0.25, 0.3) is 0 Å². The number of para-hydroxylation sites is 1. The van der Waals surface area contributed by atoms with Crippen molar-refractivity contribution in [1.29, 1.82) is 0 Å². The third-order valence-electron chi connectivity index (χ3n) is 8.43. The highest BCUT2D eigenvalue weighted by atomic mass is 16.7. The van der Waals surface area contributed by atoms with Crippen LogP contribution in [-0.4, -0.2) is 34.0 Å². The van der Waals surface area contributed by atoms with Crippen molar-refractivity contribution >= 4 is 16.5 Å². The summed E-state index contributed by atoms with van der Waals surface area (Å²) in [6.07, 6.45) is 5.82. The lowest BCUT2D eigenvalue weighted by atomic mass is 9.54. The standard InChI is InChI=1S/C28H31N3O2/c1-17(2)24-21-9-10-22-18(3)28(32-15-16-33-28)13-12-27(22,4)25(21)31-26(30-24)20-11-14-29-23-8-6-5-7-19(20)23/h5-8,11,14,18,22H,1,9-10,12-13,15-16H2,2-4H3/t18-,22-,27-/m1/s1.